The van der Waals surface area contributed by atoms with Gasteiger partial charge in [0.1, 0.15) is 5.20 Å². The minimum atomic E-state index is -3.48. The lowest BCUT2D eigenvalue weighted by Crippen LogP contribution is -2.48. The zero-order valence-electron chi connectivity index (χ0n) is 13.3. The van der Waals surface area contributed by atoms with Gasteiger partial charge in [-0.05, 0) is 12.8 Å². The van der Waals surface area contributed by atoms with Crippen molar-refractivity contribution in [3.63, 3.8) is 0 Å². The van der Waals surface area contributed by atoms with Crippen molar-refractivity contribution in [1.82, 2.24) is 0 Å². The molecule has 0 aliphatic carbocycles. The predicted molar refractivity (Wildman–Crippen MR) is 77.4 cm³/mol. The second-order valence-electron chi connectivity index (χ2n) is 4.03. The highest BCUT2D eigenvalue weighted by Crippen LogP contribution is 2.19. The molecule has 8 heteroatoms. The maximum atomic E-state index is 12.1. The molecule has 0 unspecified atom stereocenters. The summed E-state index contributed by atoms with van der Waals surface area (Å²) in [5.74, 6) is -1.37. The highest BCUT2D eigenvalue weighted by atomic mass is 28.4. The Morgan fingerprint density at radius 1 is 0.905 bits per heavy atom. The van der Waals surface area contributed by atoms with Crippen molar-refractivity contribution in [2.45, 2.75) is 26.7 Å². The van der Waals surface area contributed by atoms with E-state index in [1.54, 1.807) is 0 Å². The molecule has 0 atom stereocenters. The molecule has 0 aromatic carbocycles. The number of hydrogen-bond donors (Lipinski definition) is 0. The fourth-order valence-corrected chi connectivity index (χ4v) is 3.26. The SMILES string of the molecule is CCCOC(=O)C=C(C(=O)OCCC)[Si](OC)(OC)OC. The molecule has 7 nitrogen and oxygen atoms in total. The first kappa shape index (κ1) is 19.8. The maximum Gasteiger partial charge on any atom is 0.544 e. The second-order valence-corrected chi connectivity index (χ2v) is 6.91. The van der Waals surface area contributed by atoms with Crippen LogP contribution in [0.15, 0.2) is 11.3 Å². The molecule has 0 aromatic rings. The minimum absolute atomic E-state index is 0.0791. The first-order chi connectivity index (χ1) is 10.0. The van der Waals surface area contributed by atoms with E-state index in [1.165, 1.54) is 21.3 Å². The third-order valence-corrected chi connectivity index (χ3v) is 5.12. The Balaban J connectivity index is 5.39. The first-order valence-corrected chi connectivity index (χ1v) is 8.45. The maximum absolute atomic E-state index is 12.1. The van der Waals surface area contributed by atoms with Crippen LogP contribution in [0.3, 0.4) is 0 Å². The Kier molecular flexibility index (Phi) is 9.88. The van der Waals surface area contributed by atoms with E-state index in [0.29, 0.717) is 12.8 Å². The van der Waals surface area contributed by atoms with Crippen LogP contribution in [0.2, 0.25) is 0 Å². The van der Waals surface area contributed by atoms with E-state index in [-0.39, 0.29) is 18.4 Å². The van der Waals surface area contributed by atoms with Crippen LogP contribution in [-0.2, 0) is 32.3 Å². The lowest BCUT2D eigenvalue weighted by Gasteiger charge is -2.25. The Morgan fingerprint density at radius 3 is 1.81 bits per heavy atom. The van der Waals surface area contributed by atoms with Crippen LogP contribution in [0.4, 0.5) is 0 Å². The van der Waals surface area contributed by atoms with Gasteiger partial charge in [-0.3, -0.25) is 0 Å². The van der Waals surface area contributed by atoms with Gasteiger partial charge in [0, 0.05) is 27.4 Å². The lowest BCUT2D eigenvalue weighted by molar-refractivity contribution is -0.141. The third-order valence-electron chi connectivity index (χ3n) is 2.50. The summed E-state index contributed by atoms with van der Waals surface area (Å²) in [6, 6.07) is 0. The zero-order chi connectivity index (χ0) is 16.3. The minimum Gasteiger partial charge on any atom is -0.463 e. The van der Waals surface area contributed by atoms with E-state index in [9.17, 15) is 9.59 Å². The van der Waals surface area contributed by atoms with Crippen LogP contribution >= 0.6 is 0 Å². The number of carbonyl (C=O) groups excluding carboxylic acids is 2. The van der Waals surface area contributed by atoms with E-state index < -0.39 is 20.7 Å². The lowest BCUT2D eigenvalue weighted by atomic mass is 10.4. The average molecular weight is 320 g/mol. The summed E-state index contributed by atoms with van der Waals surface area (Å²) >= 11 is 0. The molecule has 0 radical (unpaired) electrons. The largest absolute Gasteiger partial charge is 0.544 e. The fourth-order valence-electron chi connectivity index (χ4n) is 1.49. The van der Waals surface area contributed by atoms with Crippen molar-refractivity contribution in [3.05, 3.63) is 11.3 Å². The molecule has 0 heterocycles. The van der Waals surface area contributed by atoms with Crippen molar-refractivity contribution < 1.29 is 32.3 Å². The zero-order valence-corrected chi connectivity index (χ0v) is 14.3. The van der Waals surface area contributed by atoms with Gasteiger partial charge < -0.3 is 22.8 Å². The van der Waals surface area contributed by atoms with Gasteiger partial charge in [0.25, 0.3) is 0 Å². The summed E-state index contributed by atoms with van der Waals surface area (Å²) < 4.78 is 25.7. The Hall–Kier alpha value is -1.22. The molecular weight excluding hydrogens is 296 g/mol. The van der Waals surface area contributed by atoms with Crippen molar-refractivity contribution in [1.29, 1.82) is 0 Å². The molecule has 0 aromatic heterocycles. The molecule has 0 saturated heterocycles. The van der Waals surface area contributed by atoms with Gasteiger partial charge in [0.15, 0.2) is 0 Å². The smallest absolute Gasteiger partial charge is 0.463 e. The quantitative estimate of drug-likeness (QED) is 0.340. The summed E-state index contributed by atoms with van der Waals surface area (Å²) in [4.78, 5) is 23.9. The van der Waals surface area contributed by atoms with Gasteiger partial charge in [-0.1, -0.05) is 13.8 Å². The van der Waals surface area contributed by atoms with Crippen LogP contribution < -0.4 is 0 Å². The molecule has 0 N–H and O–H groups in total. The standard InChI is InChI=1S/C13H24O7Si/c1-6-8-19-12(14)10-11(13(15)20-9-7-2)21(16-3,17-4)18-5/h10H,6-9H2,1-5H3. The molecule has 21 heavy (non-hydrogen) atoms. The summed E-state index contributed by atoms with van der Waals surface area (Å²) in [5.41, 5.74) is 0. The highest BCUT2D eigenvalue weighted by Gasteiger charge is 2.48. The molecule has 0 rings (SSSR count). The molecule has 0 bridgehead atoms. The molecule has 0 saturated carbocycles. The van der Waals surface area contributed by atoms with Crippen molar-refractivity contribution >= 4 is 20.7 Å². The van der Waals surface area contributed by atoms with Crippen molar-refractivity contribution in [2.75, 3.05) is 34.5 Å². The Morgan fingerprint density at radius 2 is 1.38 bits per heavy atom. The van der Waals surface area contributed by atoms with Gasteiger partial charge in [-0.2, -0.15) is 0 Å². The second kappa shape index (κ2) is 10.5. The average Bonchev–Trinajstić information content (AvgIpc) is 2.51. The van der Waals surface area contributed by atoms with Crippen LogP contribution in [0, 0.1) is 0 Å². The Bertz CT molecular complexity index is 355. The van der Waals surface area contributed by atoms with Crippen LogP contribution in [0.5, 0.6) is 0 Å². The van der Waals surface area contributed by atoms with Crippen LogP contribution in [-0.4, -0.2) is 55.3 Å². The van der Waals surface area contributed by atoms with Gasteiger partial charge in [-0.15, -0.1) is 0 Å². The van der Waals surface area contributed by atoms with E-state index in [2.05, 4.69) is 0 Å². The molecule has 0 amide bonds. The number of esters is 2. The Labute approximate surface area is 126 Å². The summed E-state index contributed by atoms with van der Waals surface area (Å²) in [5, 5.41) is -0.0791. The van der Waals surface area contributed by atoms with Gasteiger partial charge in [0.05, 0.1) is 13.2 Å². The van der Waals surface area contributed by atoms with Crippen LogP contribution in [0.1, 0.15) is 26.7 Å². The van der Waals surface area contributed by atoms with Crippen molar-refractivity contribution in [3.8, 4) is 0 Å². The molecule has 0 aliphatic heterocycles. The monoisotopic (exact) mass is 320 g/mol. The van der Waals surface area contributed by atoms with E-state index >= 15 is 0 Å². The van der Waals surface area contributed by atoms with Gasteiger partial charge in [0.2, 0.25) is 0 Å². The highest BCUT2D eigenvalue weighted by molar-refractivity contribution is 6.74. The molecule has 0 aliphatic rings. The third kappa shape index (κ3) is 5.96. The number of hydrogen-bond acceptors (Lipinski definition) is 7. The molecule has 0 fully saturated rings. The van der Waals surface area contributed by atoms with Gasteiger partial charge in [-0.25, -0.2) is 9.59 Å². The normalized spacial score (nSPS) is 12.1. The summed E-state index contributed by atoms with van der Waals surface area (Å²) in [6.07, 6.45) is 2.35. The molecule has 122 valence electrons. The number of rotatable bonds is 10. The molecular formula is C13H24O7Si. The van der Waals surface area contributed by atoms with Crippen molar-refractivity contribution in [2.24, 2.45) is 0 Å². The predicted octanol–water partition coefficient (Wildman–Crippen LogP) is 1.24. The molecule has 0 spiro atoms. The summed E-state index contributed by atoms with van der Waals surface area (Å²) in [7, 11) is 0.558. The van der Waals surface area contributed by atoms with E-state index in [0.717, 1.165) is 6.08 Å². The number of ether oxygens (including phenoxy) is 2. The number of carbonyl (C=O) groups is 2. The van der Waals surface area contributed by atoms with Crippen LogP contribution in [0.25, 0.3) is 0 Å². The van der Waals surface area contributed by atoms with E-state index in [4.69, 9.17) is 22.8 Å². The van der Waals surface area contributed by atoms with Gasteiger partial charge >= 0.3 is 20.7 Å². The summed E-state index contributed by atoms with van der Waals surface area (Å²) in [6.45, 7) is 4.21. The first-order valence-electron chi connectivity index (χ1n) is 6.72. The fraction of sp³-hybridized carbons (Fsp3) is 0.692. The van der Waals surface area contributed by atoms with E-state index in [1.807, 2.05) is 13.8 Å². The topological polar surface area (TPSA) is 80.3 Å².